The summed E-state index contributed by atoms with van der Waals surface area (Å²) in [5.74, 6) is 0.345. The van der Waals surface area contributed by atoms with Crippen LogP contribution >= 0.6 is 0 Å². The van der Waals surface area contributed by atoms with Crippen LogP contribution in [-0.2, 0) is 14.3 Å². The second kappa shape index (κ2) is 5.72. The van der Waals surface area contributed by atoms with E-state index in [1.165, 1.54) is 0 Å². The third kappa shape index (κ3) is 3.14. The number of nitrogens with zero attached hydrogens (tertiary/aromatic N) is 1. The lowest BCUT2D eigenvalue weighted by Gasteiger charge is -2.41. The minimum atomic E-state index is -0.410. The van der Waals surface area contributed by atoms with E-state index >= 15 is 0 Å². The van der Waals surface area contributed by atoms with Crippen LogP contribution in [0.15, 0.2) is 0 Å². The molecule has 2 amide bonds. The molecule has 20 heavy (non-hydrogen) atoms. The molecular formula is C15H26N2O3. The van der Waals surface area contributed by atoms with Gasteiger partial charge in [-0.1, -0.05) is 13.8 Å². The maximum Gasteiger partial charge on any atom is 0.245 e. The van der Waals surface area contributed by atoms with E-state index in [1.54, 1.807) is 11.8 Å². The second-order valence-electron chi connectivity index (χ2n) is 6.73. The number of amides is 2. The Balaban J connectivity index is 2.11. The first kappa shape index (κ1) is 15.3. The predicted octanol–water partition coefficient (Wildman–Crippen LogP) is 1.32. The second-order valence-corrected chi connectivity index (χ2v) is 6.73. The van der Waals surface area contributed by atoms with Crippen molar-refractivity contribution in [1.82, 2.24) is 10.2 Å². The summed E-state index contributed by atoms with van der Waals surface area (Å²) in [4.78, 5) is 26.4. The van der Waals surface area contributed by atoms with E-state index in [1.807, 2.05) is 6.92 Å². The molecule has 2 fully saturated rings. The highest BCUT2D eigenvalue weighted by Crippen LogP contribution is 2.28. The first-order valence-electron chi connectivity index (χ1n) is 7.57. The first-order valence-corrected chi connectivity index (χ1v) is 7.57. The van der Waals surface area contributed by atoms with Gasteiger partial charge in [0.05, 0.1) is 12.1 Å². The SMILES string of the molecule is CC(C)CC1NC(=O)C(C)N(CC2(C)CCCO2)C1=O. The predicted molar refractivity (Wildman–Crippen MR) is 76.2 cm³/mol. The molecule has 0 radical (unpaired) electrons. The Morgan fingerprint density at radius 3 is 2.70 bits per heavy atom. The maximum atomic E-state index is 12.6. The van der Waals surface area contributed by atoms with Crippen molar-refractivity contribution in [3.63, 3.8) is 0 Å². The summed E-state index contributed by atoms with van der Waals surface area (Å²) in [5, 5.41) is 2.84. The average Bonchev–Trinajstić information content (AvgIpc) is 2.78. The van der Waals surface area contributed by atoms with Crippen molar-refractivity contribution < 1.29 is 14.3 Å². The van der Waals surface area contributed by atoms with Crippen LogP contribution in [0.1, 0.15) is 47.0 Å². The highest BCUT2D eigenvalue weighted by Gasteiger charge is 2.42. The van der Waals surface area contributed by atoms with Crippen molar-refractivity contribution in [3.05, 3.63) is 0 Å². The van der Waals surface area contributed by atoms with Crippen LogP contribution in [0.2, 0.25) is 0 Å². The molecule has 5 nitrogen and oxygen atoms in total. The molecule has 2 saturated heterocycles. The molecule has 0 spiro atoms. The molecule has 5 heteroatoms. The average molecular weight is 282 g/mol. The number of hydrogen-bond donors (Lipinski definition) is 1. The topological polar surface area (TPSA) is 58.6 Å². The molecule has 0 aromatic heterocycles. The summed E-state index contributed by atoms with van der Waals surface area (Å²) in [6.45, 7) is 9.19. The van der Waals surface area contributed by atoms with Gasteiger partial charge >= 0.3 is 0 Å². The van der Waals surface area contributed by atoms with Crippen molar-refractivity contribution in [1.29, 1.82) is 0 Å². The third-order valence-corrected chi connectivity index (χ3v) is 4.26. The summed E-state index contributed by atoms with van der Waals surface area (Å²) < 4.78 is 5.77. The Kier molecular flexibility index (Phi) is 4.37. The quantitative estimate of drug-likeness (QED) is 0.846. The third-order valence-electron chi connectivity index (χ3n) is 4.26. The highest BCUT2D eigenvalue weighted by molar-refractivity contribution is 5.96. The molecule has 0 bridgehead atoms. The van der Waals surface area contributed by atoms with Crippen molar-refractivity contribution >= 4 is 11.8 Å². The fourth-order valence-electron chi connectivity index (χ4n) is 3.05. The molecule has 1 N–H and O–H groups in total. The minimum Gasteiger partial charge on any atom is -0.373 e. The molecule has 2 aliphatic heterocycles. The fraction of sp³-hybridized carbons (Fsp3) is 0.867. The number of hydrogen-bond acceptors (Lipinski definition) is 3. The van der Waals surface area contributed by atoms with Crippen molar-refractivity contribution in [3.8, 4) is 0 Å². The smallest absolute Gasteiger partial charge is 0.245 e. The molecule has 114 valence electrons. The van der Waals surface area contributed by atoms with Gasteiger partial charge in [0.15, 0.2) is 0 Å². The highest BCUT2D eigenvalue weighted by atomic mass is 16.5. The van der Waals surface area contributed by atoms with Gasteiger partial charge < -0.3 is 15.0 Å². The number of rotatable bonds is 4. The molecule has 0 aromatic carbocycles. The van der Waals surface area contributed by atoms with Gasteiger partial charge in [0.2, 0.25) is 11.8 Å². The van der Waals surface area contributed by atoms with Gasteiger partial charge in [-0.2, -0.15) is 0 Å². The largest absolute Gasteiger partial charge is 0.373 e. The summed E-state index contributed by atoms with van der Waals surface area (Å²) in [7, 11) is 0. The van der Waals surface area contributed by atoms with Crippen LogP contribution in [0.25, 0.3) is 0 Å². The molecule has 3 unspecified atom stereocenters. The molecule has 0 aromatic rings. The zero-order chi connectivity index (χ0) is 14.9. The van der Waals surface area contributed by atoms with Gasteiger partial charge in [-0.05, 0) is 39.0 Å². The molecule has 0 aliphatic carbocycles. The normalized spacial score (nSPS) is 34.8. The summed E-state index contributed by atoms with van der Waals surface area (Å²) in [6, 6.07) is -0.796. The van der Waals surface area contributed by atoms with Gasteiger partial charge in [0.25, 0.3) is 0 Å². The zero-order valence-electron chi connectivity index (χ0n) is 12.9. The monoisotopic (exact) mass is 282 g/mol. The van der Waals surface area contributed by atoms with E-state index in [9.17, 15) is 9.59 Å². The Morgan fingerprint density at radius 2 is 2.15 bits per heavy atom. The van der Waals surface area contributed by atoms with E-state index in [0.29, 0.717) is 18.9 Å². The van der Waals surface area contributed by atoms with Crippen molar-refractivity contribution in [2.24, 2.45) is 5.92 Å². The maximum absolute atomic E-state index is 12.6. The molecule has 2 heterocycles. The van der Waals surface area contributed by atoms with Crippen LogP contribution in [0, 0.1) is 5.92 Å². The summed E-state index contributed by atoms with van der Waals surface area (Å²) in [6.07, 6.45) is 2.65. The number of carbonyl (C=O) groups excluding carboxylic acids is 2. The Labute approximate surface area is 121 Å². The number of ether oxygens (including phenoxy) is 1. The van der Waals surface area contributed by atoms with Crippen LogP contribution in [0.5, 0.6) is 0 Å². The molecule has 3 atom stereocenters. The summed E-state index contributed by atoms with van der Waals surface area (Å²) >= 11 is 0. The van der Waals surface area contributed by atoms with Gasteiger partial charge in [0, 0.05) is 6.61 Å². The van der Waals surface area contributed by atoms with Crippen molar-refractivity contribution in [2.45, 2.75) is 64.6 Å². The number of piperazine rings is 1. The lowest BCUT2D eigenvalue weighted by atomic mass is 9.96. The van der Waals surface area contributed by atoms with E-state index in [2.05, 4.69) is 19.2 Å². The van der Waals surface area contributed by atoms with E-state index in [-0.39, 0.29) is 23.5 Å². The minimum absolute atomic E-state index is 0.0301. The lowest BCUT2D eigenvalue weighted by Crippen LogP contribution is -2.64. The van der Waals surface area contributed by atoms with Gasteiger partial charge in [-0.3, -0.25) is 9.59 Å². The van der Waals surface area contributed by atoms with Crippen LogP contribution in [0.3, 0.4) is 0 Å². The summed E-state index contributed by atoms with van der Waals surface area (Å²) in [5.41, 5.74) is -0.302. The van der Waals surface area contributed by atoms with Crippen LogP contribution in [0.4, 0.5) is 0 Å². The molecule has 2 aliphatic rings. The number of nitrogens with one attached hydrogen (secondary N) is 1. The molecule has 2 rings (SSSR count). The standard InChI is InChI=1S/C15H26N2O3/c1-10(2)8-12-14(19)17(11(3)13(18)16-12)9-15(4)6-5-7-20-15/h10-12H,5-9H2,1-4H3,(H,16,18). The van der Waals surface area contributed by atoms with Crippen LogP contribution in [-0.4, -0.2) is 47.6 Å². The zero-order valence-corrected chi connectivity index (χ0v) is 12.9. The van der Waals surface area contributed by atoms with Gasteiger partial charge in [-0.15, -0.1) is 0 Å². The van der Waals surface area contributed by atoms with Gasteiger partial charge in [-0.25, -0.2) is 0 Å². The van der Waals surface area contributed by atoms with E-state index in [4.69, 9.17) is 4.74 Å². The Morgan fingerprint density at radius 1 is 1.45 bits per heavy atom. The molecular weight excluding hydrogens is 256 g/mol. The Bertz CT molecular complexity index is 389. The van der Waals surface area contributed by atoms with E-state index in [0.717, 1.165) is 19.4 Å². The van der Waals surface area contributed by atoms with Crippen molar-refractivity contribution in [2.75, 3.05) is 13.2 Å². The number of carbonyl (C=O) groups is 2. The fourth-order valence-corrected chi connectivity index (χ4v) is 3.05. The van der Waals surface area contributed by atoms with E-state index < -0.39 is 6.04 Å². The Hall–Kier alpha value is -1.10. The van der Waals surface area contributed by atoms with Gasteiger partial charge in [0.1, 0.15) is 12.1 Å². The first-order chi connectivity index (χ1) is 9.32. The lowest BCUT2D eigenvalue weighted by molar-refractivity contribution is -0.152. The van der Waals surface area contributed by atoms with Crippen LogP contribution < -0.4 is 5.32 Å². The molecule has 0 saturated carbocycles.